The predicted octanol–water partition coefficient (Wildman–Crippen LogP) is 4.49. The molecule has 0 radical (unpaired) electrons. The zero-order valence-corrected chi connectivity index (χ0v) is 13.1. The molecule has 2 heteroatoms. The van der Waals surface area contributed by atoms with E-state index < -0.39 is 11.0 Å². The summed E-state index contributed by atoms with van der Waals surface area (Å²) in [6, 6.07) is 10.8. The highest BCUT2D eigenvalue weighted by atomic mass is 16.3. The van der Waals surface area contributed by atoms with Crippen molar-refractivity contribution in [1.82, 2.24) is 0 Å². The molecule has 0 heterocycles. The highest BCUT2D eigenvalue weighted by Gasteiger charge is 2.54. The van der Waals surface area contributed by atoms with Crippen LogP contribution in [0, 0.1) is 22.7 Å². The smallest absolute Gasteiger partial charge is 0.108 e. The Morgan fingerprint density at radius 3 is 2.43 bits per heavy atom. The Balaban J connectivity index is 2.08. The third kappa shape index (κ3) is 2.10. The summed E-state index contributed by atoms with van der Waals surface area (Å²) in [4.78, 5) is 0. The minimum Gasteiger partial charge on any atom is -0.383 e. The van der Waals surface area contributed by atoms with Gasteiger partial charge in [0.2, 0.25) is 0 Å². The second-order valence-corrected chi connectivity index (χ2v) is 7.26. The van der Waals surface area contributed by atoms with Crippen LogP contribution in [-0.4, -0.2) is 5.11 Å². The van der Waals surface area contributed by atoms with Crippen LogP contribution >= 0.6 is 0 Å². The first-order valence-corrected chi connectivity index (χ1v) is 8.25. The van der Waals surface area contributed by atoms with Crippen LogP contribution in [0.2, 0.25) is 0 Å². The van der Waals surface area contributed by atoms with Crippen molar-refractivity contribution in [2.75, 3.05) is 0 Å². The molecule has 2 unspecified atom stereocenters. The van der Waals surface area contributed by atoms with Gasteiger partial charge in [-0.05, 0) is 61.5 Å². The van der Waals surface area contributed by atoms with Crippen LogP contribution in [0.15, 0.2) is 24.3 Å². The van der Waals surface area contributed by atoms with Gasteiger partial charge in [-0.2, -0.15) is 5.26 Å². The van der Waals surface area contributed by atoms with Gasteiger partial charge < -0.3 is 5.11 Å². The molecule has 2 aliphatic carbocycles. The fourth-order valence-corrected chi connectivity index (χ4v) is 4.39. The molecule has 1 aromatic rings. The number of hydrogen-bond donors (Lipinski definition) is 1. The first kappa shape index (κ1) is 14.6. The molecule has 0 bridgehead atoms. The molecule has 3 rings (SSSR count). The summed E-state index contributed by atoms with van der Waals surface area (Å²) in [7, 11) is 0. The van der Waals surface area contributed by atoms with Crippen molar-refractivity contribution in [2.45, 2.75) is 63.9 Å². The Bertz CT molecular complexity index is 565. The van der Waals surface area contributed by atoms with Gasteiger partial charge in [0.05, 0.1) is 11.5 Å². The molecule has 1 N–H and O–H groups in total. The van der Waals surface area contributed by atoms with Crippen molar-refractivity contribution in [3.63, 3.8) is 0 Å². The van der Waals surface area contributed by atoms with Gasteiger partial charge in [0.25, 0.3) is 0 Å². The number of rotatable bonds is 1. The average molecular weight is 283 g/mol. The maximum Gasteiger partial charge on any atom is 0.108 e. The number of hydrogen-bond acceptors (Lipinski definition) is 2. The fourth-order valence-electron chi connectivity index (χ4n) is 4.39. The van der Waals surface area contributed by atoms with E-state index in [-0.39, 0.29) is 0 Å². The molecule has 0 amide bonds. The summed E-state index contributed by atoms with van der Waals surface area (Å²) in [6.45, 7) is 4.47. The van der Waals surface area contributed by atoms with Crippen LogP contribution in [0.1, 0.15) is 69.4 Å². The maximum atomic E-state index is 11.6. The average Bonchev–Trinajstić information content (AvgIpc) is 2.52. The van der Waals surface area contributed by atoms with Gasteiger partial charge in [0, 0.05) is 0 Å². The number of nitriles is 1. The minimum absolute atomic E-state index is 0.472. The lowest BCUT2D eigenvalue weighted by atomic mass is 9.56. The van der Waals surface area contributed by atoms with Crippen LogP contribution in [0.3, 0.4) is 0 Å². The zero-order chi connectivity index (χ0) is 15.1. The molecular formula is C19H25NO. The summed E-state index contributed by atoms with van der Waals surface area (Å²) in [5, 5.41) is 21.5. The van der Waals surface area contributed by atoms with E-state index in [1.807, 2.05) is 18.2 Å². The Labute approximate surface area is 127 Å². The van der Waals surface area contributed by atoms with Crippen LogP contribution in [-0.2, 0) is 5.60 Å². The van der Waals surface area contributed by atoms with Crippen LogP contribution in [0.5, 0.6) is 0 Å². The second kappa shape index (κ2) is 5.14. The summed E-state index contributed by atoms with van der Waals surface area (Å²) in [6.07, 6.45) is 5.43. The van der Waals surface area contributed by atoms with E-state index in [4.69, 9.17) is 0 Å². The second-order valence-electron chi connectivity index (χ2n) is 7.26. The van der Waals surface area contributed by atoms with Crippen LogP contribution in [0.4, 0.5) is 0 Å². The Hall–Kier alpha value is -1.33. The Kier molecular flexibility index (Phi) is 3.58. The van der Waals surface area contributed by atoms with E-state index in [2.05, 4.69) is 26.0 Å². The van der Waals surface area contributed by atoms with Gasteiger partial charge >= 0.3 is 0 Å². The van der Waals surface area contributed by atoms with E-state index in [1.54, 1.807) is 0 Å². The number of nitrogens with zero attached hydrogens (tertiary/aromatic N) is 1. The number of aliphatic hydroxyl groups is 1. The third-order valence-electron chi connectivity index (χ3n) is 6.01. The molecule has 0 spiro atoms. The van der Waals surface area contributed by atoms with Gasteiger partial charge in [-0.25, -0.2) is 0 Å². The summed E-state index contributed by atoms with van der Waals surface area (Å²) in [5.74, 6) is 1.15. The third-order valence-corrected chi connectivity index (χ3v) is 6.01. The van der Waals surface area contributed by atoms with Gasteiger partial charge in [0.1, 0.15) is 5.60 Å². The molecule has 112 valence electrons. The molecule has 0 aliphatic heterocycles. The summed E-state index contributed by atoms with van der Waals surface area (Å²) >= 11 is 0. The highest BCUT2D eigenvalue weighted by molar-refractivity contribution is 5.40. The number of fused-ring (bicyclic) bond motifs is 1. The van der Waals surface area contributed by atoms with Crippen molar-refractivity contribution in [3.8, 4) is 6.07 Å². The molecule has 0 aromatic heterocycles. The van der Waals surface area contributed by atoms with Crippen LogP contribution < -0.4 is 0 Å². The normalized spacial score (nSPS) is 39.3. The lowest BCUT2D eigenvalue weighted by molar-refractivity contribution is -0.0974. The van der Waals surface area contributed by atoms with E-state index in [1.165, 1.54) is 5.56 Å². The summed E-state index contributed by atoms with van der Waals surface area (Å²) in [5.41, 5.74) is 0.681. The molecule has 1 aromatic carbocycles. The first-order chi connectivity index (χ1) is 10.0. The molecule has 21 heavy (non-hydrogen) atoms. The van der Waals surface area contributed by atoms with Crippen molar-refractivity contribution in [3.05, 3.63) is 35.4 Å². The highest BCUT2D eigenvalue weighted by Crippen LogP contribution is 2.56. The minimum atomic E-state index is -0.967. The first-order valence-electron chi connectivity index (χ1n) is 8.25. The summed E-state index contributed by atoms with van der Waals surface area (Å²) < 4.78 is 0. The Morgan fingerprint density at radius 2 is 1.76 bits per heavy atom. The van der Waals surface area contributed by atoms with Gasteiger partial charge in [-0.3, -0.25) is 0 Å². The lowest BCUT2D eigenvalue weighted by Gasteiger charge is -2.50. The number of benzene rings is 1. The quantitative estimate of drug-likeness (QED) is 0.825. The van der Waals surface area contributed by atoms with Crippen molar-refractivity contribution in [2.24, 2.45) is 11.3 Å². The SMILES string of the molecule is CC1CCC(C#N)(C2(O)CCC(C)c3ccccc32)CC1. The van der Waals surface area contributed by atoms with E-state index >= 15 is 0 Å². The van der Waals surface area contributed by atoms with E-state index in [9.17, 15) is 10.4 Å². The van der Waals surface area contributed by atoms with Crippen molar-refractivity contribution >= 4 is 0 Å². The molecule has 1 saturated carbocycles. The van der Waals surface area contributed by atoms with Gasteiger partial charge in [-0.15, -0.1) is 0 Å². The van der Waals surface area contributed by atoms with Gasteiger partial charge in [-0.1, -0.05) is 38.1 Å². The standard InChI is InChI=1S/C19H25NO/c1-14-7-10-18(13-20,11-8-14)19(21)12-9-15(2)16-5-3-4-6-17(16)19/h3-6,14-15,21H,7-12H2,1-2H3. The van der Waals surface area contributed by atoms with E-state index in [0.29, 0.717) is 18.3 Å². The predicted molar refractivity (Wildman–Crippen MR) is 83.7 cm³/mol. The topological polar surface area (TPSA) is 44.0 Å². The Morgan fingerprint density at radius 1 is 1.10 bits per heavy atom. The monoisotopic (exact) mass is 283 g/mol. The van der Waals surface area contributed by atoms with Gasteiger partial charge in [0.15, 0.2) is 0 Å². The molecule has 1 fully saturated rings. The zero-order valence-electron chi connectivity index (χ0n) is 13.1. The molecule has 2 atom stereocenters. The molecular weight excluding hydrogens is 258 g/mol. The fraction of sp³-hybridized carbons (Fsp3) is 0.632. The van der Waals surface area contributed by atoms with Crippen molar-refractivity contribution in [1.29, 1.82) is 5.26 Å². The molecule has 0 saturated heterocycles. The largest absolute Gasteiger partial charge is 0.383 e. The van der Waals surface area contributed by atoms with Crippen LogP contribution in [0.25, 0.3) is 0 Å². The molecule has 2 nitrogen and oxygen atoms in total. The lowest BCUT2D eigenvalue weighted by Crippen LogP contribution is -2.49. The van der Waals surface area contributed by atoms with Crippen molar-refractivity contribution < 1.29 is 5.11 Å². The van der Waals surface area contributed by atoms with E-state index in [0.717, 1.165) is 37.7 Å². The molecule has 2 aliphatic rings. The maximum absolute atomic E-state index is 11.6.